The normalized spacial score (nSPS) is 11.6. The molecule has 3 aromatic carbocycles. The summed E-state index contributed by atoms with van der Waals surface area (Å²) in [5, 5.41) is 2.90. The smallest absolute Gasteiger partial charge is 0.264 e. The monoisotopic (exact) mass is 450 g/mol. The molecule has 0 aliphatic carbocycles. The van der Waals surface area contributed by atoms with Crippen molar-refractivity contribution in [2.24, 2.45) is 0 Å². The molecule has 168 valence electrons. The molecule has 0 atom stereocenters. The van der Waals surface area contributed by atoms with Gasteiger partial charge in [-0.2, -0.15) is 0 Å². The van der Waals surface area contributed by atoms with Crippen LogP contribution in [0.5, 0.6) is 0 Å². The largest absolute Gasteiger partial charge is 0.324 e. The highest BCUT2D eigenvalue weighted by Crippen LogP contribution is 2.27. The highest BCUT2D eigenvalue weighted by atomic mass is 32.2. The van der Waals surface area contributed by atoms with Gasteiger partial charge in [-0.3, -0.25) is 9.10 Å². The number of para-hydroxylation sites is 1. The number of anilines is 2. The van der Waals surface area contributed by atoms with Crippen LogP contribution in [0.2, 0.25) is 0 Å². The number of rotatable bonds is 8. The van der Waals surface area contributed by atoms with E-state index < -0.39 is 15.9 Å². The van der Waals surface area contributed by atoms with E-state index in [9.17, 15) is 13.2 Å². The third-order valence-corrected chi connectivity index (χ3v) is 7.11. The fourth-order valence-corrected chi connectivity index (χ4v) is 4.94. The maximum atomic E-state index is 13.5. The number of sulfonamides is 1. The molecule has 0 aromatic heterocycles. The van der Waals surface area contributed by atoms with Gasteiger partial charge in [0.05, 0.1) is 10.6 Å². The molecule has 6 heteroatoms. The Hall–Kier alpha value is -3.12. The molecule has 0 bridgehead atoms. The predicted octanol–water partition coefficient (Wildman–Crippen LogP) is 5.77. The molecule has 1 amide bonds. The third kappa shape index (κ3) is 5.37. The summed E-state index contributed by atoms with van der Waals surface area (Å²) in [5.74, 6) is 0.142. The zero-order chi connectivity index (χ0) is 23.3. The highest BCUT2D eigenvalue weighted by Gasteiger charge is 2.27. The lowest BCUT2D eigenvalue weighted by atomic mass is 10.0. The van der Waals surface area contributed by atoms with Crippen LogP contribution >= 0.6 is 0 Å². The van der Waals surface area contributed by atoms with E-state index in [2.05, 4.69) is 19.2 Å². The summed E-state index contributed by atoms with van der Waals surface area (Å²) < 4.78 is 28.1. The Morgan fingerprint density at radius 2 is 1.41 bits per heavy atom. The first-order chi connectivity index (χ1) is 15.2. The van der Waals surface area contributed by atoms with Crippen LogP contribution in [-0.2, 0) is 14.8 Å². The molecule has 0 unspecified atom stereocenters. The average Bonchev–Trinajstić information content (AvgIpc) is 2.78. The number of hydrogen-bond donors (Lipinski definition) is 1. The van der Waals surface area contributed by atoms with Crippen LogP contribution in [0, 0.1) is 0 Å². The van der Waals surface area contributed by atoms with E-state index in [0.717, 1.165) is 11.1 Å². The minimum Gasteiger partial charge on any atom is -0.324 e. The van der Waals surface area contributed by atoms with Crippen molar-refractivity contribution in [3.63, 3.8) is 0 Å². The number of amides is 1. The van der Waals surface area contributed by atoms with Gasteiger partial charge in [0, 0.05) is 5.69 Å². The van der Waals surface area contributed by atoms with Gasteiger partial charge in [0.2, 0.25) is 5.91 Å². The first-order valence-corrected chi connectivity index (χ1v) is 12.2. The molecule has 3 aromatic rings. The van der Waals surface area contributed by atoms with Crippen molar-refractivity contribution in [3.8, 4) is 0 Å². The van der Waals surface area contributed by atoms with Crippen molar-refractivity contribution in [2.45, 2.75) is 44.4 Å². The van der Waals surface area contributed by atoms with Crippen molar-refractivity contribution in [3.05, 3.63) is 90.0 Å². The summed E-state index contributed by atoms with van der Waals surface area (Å²) in [6.07, 6.45) is 0. The van der Waals surface area contributed by atoms with E-state index in [1.807, 2.05) is 50.2 Å². The predicted molar refractivity (Wildman–Crippen MR) is 131 cm³/mol. The molecule has 0 saturated heterocycles. The van der Waals surface area contributed by atoms with Crippen LogP contribution in [0.3, 0.4) is 0 Å². The minimum atomic E-state index is -3.93. The van der Waals surface area contributed by atoms with Crippen molar-refractivity contribution in [1.29, 1.82) is 0 Å². The van der Waals surface area contributed by atoms with Gasteiger partial charge in [-0.1, -0.05) is 76.2 Å². The molecule has 0 saturated carbocycles. The Kier molecular flexibility index (Phi) is 7.36. The standard InChI is InChI=1S/C26H30N2O3S/c1-19(2)21-14-16-22(17-15-21)28(32(30,31)23-10-6-5-7-11-23)18-26(29)27-25-13-9-8-12-24(25)20(3)4/h5-17,19-20H,18H2,1-4H3,(H,27,29). The first-order valence-electron chi connectivity index (χ1n) is 10.8. The SMILES string of the molecule is CC(C)c1ccc(N(CC(=O)Nc2ccccc2C(C)C)S(=O)(=O)c2ccccc2)cc1. The number of nitrogens with one attached hydrogen (secondary N) is 1. The summed E-state index contributed by atoms with van der Waals surface area (Å²) in [5.41, 5.74) is 3.24. The van der Waals surface area contributed by atoms with Gasteiger partial charge in [0.25, 0.3) is 10.0 Å². The molecule has 5 nitrogen and oxygen atoms in total. The van der Waals surface area contributed by atoms with Gasteiger partial charge in [0.15, 0.2) is 0 Å². The Morgan fingerprint density at radius 3 is 2.00 bits per heavy atom. The summed E-state index contributed by atoms with van der Waals surface area (Å²) in [6, 6.07) is 23.1. The van der Waals surface area contributed by atoms with Crippen molar-refractivity contribution < 1.29 is 13.2 Å². The molecule has 0 aliphatic rings. The van der Waals surface area contributed by atoms with Gasteiger partial charge in [0.1, 0.15) is 6.54 Å². The second-order valence-corrected chi connectivity index (χ2v) is 10.2. The zero-order valence-corrected chi connectivity index (χ0v) is 19.8. The molecule has 0 aliphatic heterocycles. The van der Waals surface area contributed by atoms with Gasteiger partial charge >= 0.3 is 0 Å². The lowest BCUT2D eigenvalue weighted by Gasteiger charge is -2.25. The van der Waals surface area contributed by atoms with E-state index in [0.29, 0.717) is 17.3 Å². The lowest BCUT2D eigenvalue weighted by Crippen LogP contribution is -2.38. The Bertz CT molecular complexity index is 1160. The maximum Gasteiger partial charge on any atom is 0.264 e. The summed E-state index contributed by atoms with van der Waals surface area (Å²) in [4.78, 5) is 13.1. The molecule has 0 spiro atoms. The van der Waals surface area contributed by atoms with E-state index >= 15 is 0 Å². The van der Waals surface area contributed by atoms with Crippen LogP contribution in [-0.4, -0.2) is 20.9 Å². The van der Waals surface area contributed by atoms with Gasteiger partial charge in [-0.15, -0.1) is 0 Å². The Labute approximate surface area is 191 Å². The number of nitrogens with zero attached hydrogens (tertiary/aromatic N) is 1. The Balaban J connectivity index is 1.95. The van der Waals surface area contributed by atoms with Crippen LogP contribution < -0.4 is 9.62 Å². The number of benzene rings is 3. The summed E-state index contributed by atoms with van der Waals surface area (Å²) >= 11 is 0. The number of carbonyl (C=O) groups is 1. The van der Waals surface area contributed by atoms with Gasteiger partial charge in [-0.25, -0.2) is 8.42 Å². The lowest BCUT2D eigenvalue weighted by molar-refractivity contribution is -0.114. The van der Waals surface area contributed by atoms with Crippen molar-refractivity contribution >= 4 is 27.3 Å². The van der Waals surface area contributed by atoms with Crippen LogP contribution in [0.4, 0.5) is 11.4 Å². The highest BCUT2D eigenvalue weighted by molar-refractivity contribution is 7.92. The molecular formula is C26H30N2O3S. The van der Waals surface area contributed by atoms with E-state index in [4.69, 9.17) is 0 Å². The molecule has 0 heterocycles. The fourth-order valence-electron chi connectivity index (χ4n) is 3.49. The summed E-state index contributed by atoms with van der Waals surface area (Å²) in [7, 11) is -3.93. The van der Waals surface area contributed by atoms with Gasteiger partial charge < -0.3 is 5.32 Å². The van der Waals surface area contributed by atoms with Crippen LogP contribution in [0.25, 0.3) is 0 Å². The first kappa shape index (κ1) is 23.5. The van der Waals surface area contributed by atoms with E-state index in [1.54, 1.807) is 30.3 Å². The maximum absolute atomic E-state index is 13.5. The van der Waals surface area contributed by atoms with E-state index in [-0.39, 0.29) is 17.4 Å². The number of carbonyl (C=O) groups excluding carboxylic acids is 1. The topological polar surface area (TPSA) is 66.5 Å². The number of hydrogen-bond acceptors (Lipinski definition) is 3. The molecule has 1 N–H and O–H groups in total. The fraction of sp³-hybridized carbons (Fsp3) is 0.269. The van der Waals surface area contributed by atoms with Crippen LogP contribution in [0.1, 0.15) is 50.7 Å². The van der Waals surface area contributed by atoms with E-state index in [1.165, 1.54) is 16.4 Å². The van der Waals surface area contributed by atoms with Gasteiger partial charge in [-0.05, 0) is 53.3 Å². The molecular weight excluding hydrogens is 420 g/mol. The van der Waals surface area contributed by atoms with Crippen molar-refractivity contribution in [1.82, 2.24) is 0 Å². The third-order valence-electron chi connectivity index (χ3n) is 5.32. The summed E-state index contributed by atoms with van der Waals surface area (Å²) in [6.45, 7) is 7.92. The second-order valence-electron chi connectivity index (χ2n) is 8.36. The minimum absolute atomic E-state index is 0.142. The average molecular weight is 451 g/mol. The molecule has 3 rings (SSSR count). The van der Waals surface area contributed by atoms with Crippen molar-refractivity contribution in [2.75, 3.05) is 16.2 Å². The second kappa shape index (κ2) is 10.0. The molecule has 0 radical (unpaired) electrons. The van der Waals surface area contributed by atoms with Crippen LogP contribution in [0.15, 0.2) is 83.8 Å². The Morgan fingerprint density at radius 1 is 0.812 bits per heavy atom. The molecule has 32 heavy (non-hydrogen) atoms. The molecule has 0 fully saturated rings. The zero-order valence-electron chi connectivity index (χ0n) is 18.9. The quantitative estimate of drug-likeness (QED) is 0.474.